The van der Waals surface area contributed by atoms with E-state index in [-0.39, 0.29) is 5.54 Å². The first-order valence-electron chi connectivity index (χ1n) is 11.0. The van der Waals surface area contributed by atoms with Crippen LogP contribution in [-0.4, -0.2) is 62.9 Å². The number of benzene rings is 1. The Morgan fingerprint density at radius 1 is 1.07 bits per heavy atom. The highest BCUT2D eigenvalue weighted by atomic mass is 16.5. The maximum absolute atomic E-state index is 5.67. The Morgan fingerprint density at radius 2 is 1.79 bits per heavy atom. The van der Waals surface area contributed by atoms with E-state index in [1.807, 2.05) is 14.0 Å². The fourth-order valence-electron chi connectivity index (χ4n) is 3.60. The third-order valence-electron chi connectivity index (χ3n) is 5.42. The van der Waals surface area contributed by atoms with Gasteiger partial charge in [0.15, 0.2) is 5.96 Å². The van der Waals surface area contributed by atoms with Crippen molar-refractivity contribution in [2.24, 2.45) is 4.99 Å². The number of piperidine rings is 1. The van der Waals surface area contributed by atoms with Crippen LogP contribution in [0.1, 0.15) is 51.2 Å². The quantitative estimate of drug-likeness (QED) is 0.337. The van der Waals surface area contributed by atoms with E-state index in [1.54, 1.807) is 0 Å². The van der Waals surface area contributed by atoms with Crippen molar-refractivity contribution in [1.82, 2.24) is 15.5 Å². The summed E-state index contributed by atoms with van der Waals surface area (Å²) in [6.45, 7) is 13.2. The highest BCUT2D eigenvalue weighted by molar-refractivity contribution is 5.79. The van der Waals surface area contributed by atoms with Gasteiger partial charge < -0.3 is 20.1 Å². The van der Waals surface area contributed by atoms with Gasteiger partial charge >= 0.3 is 0 Å². The summed E-state index contributed by atoms with van der Waals surface area (Å²) in [7, 11) is 1.83. The smallest absolute Gasteiger partial charge is 0.191 e. The lowest BCUT2D eigenvalue weighted by atomic mass is 9.98. The van der Waals surface area contributed by atoms with Gasteiger partial charge in [-0.3, -0.25) is 9.89 Å². The number of guanidine groups is 1. The lowest BCUT2D eigenvalue weighted by molar-refractivity contribution is 0.0453. The second-order valence-electron chi connectivity index (χ2n) is 8.21. The predicted octanol–water partition coefficient (Wildman–Crippen LogP) is 3.17. The summed E-state index contributed by atoms with van der Waals surface area (Å²) in [4.78, 5) is 6.98. The first-order chi connectivity index (χ1) is 14.0. The Bertz CT molecular complexity index is 613. The van der Waals surface area contributed by atoms with Gasteiger partial charge in [0.25, 0.3) is 0 Å². The fraction of sp³-hybridized carbons (Fsp3) is 0.696. The van der Waals surface area contributed by atoms with Crippen molar-refractivity contribution in [3.05, 3.63) is 35.4 Å². The maximum Gasteiger partial charge on any atom is 0.191 e. The van der Waals surface area contributed by atoms with Crippen molar-refractivity contribution in [3.63, 3.8) is 0 Å². The van der Waals surface area contributed by atoms with Crippen molar-refractivity contribution in [3.8, 4) is 0 Å². The lowest BCUT2D eigenvalue weighted by Crippen LogP contribution is -2.54. The Morgan fingerprint density at radius 3 is 2.52 bits per heavy atom. The van der Waals surface area contributed by atoms with Gasteiger partial charge in [0.2, 0.25) is 0 Å². The average molecular weight is 405 g/mol. The van der Waals surface area contributed by atoms with Crippen molar-refractivity contribution >= 4 is 5.96 Å². The first kappa shape index (κ1) is 23.6. The summed E-state index contributed by atoms with van der Waals surface area (Å²) >= 11 is 0. The van der Waals surface area contributed by atoms with E-state index >= 15 is 0 Å². The number of hydrogen-bond donors (Lipinski definition) is 2. The zero-order chi connectivity index (χ0) is 21.0. The highest BCUT2D eigenvalue weighted by Crippen LogP contribution is 2.19. The molecule has 164 valence electrons. The molecule has 0 bridgehead atoms. The number of hydrogen-bond acceptors (Lipinski definition) is 4. The van der Waals surface area contributed by atoms with Crippen LogP contribution >= 0.6 is 0 Å². The normalized spacial score (nSPS) is 16.1. The number of rotatable bonds is 11. The molecule has 1 fully saturated rings. The molecule has 1 aromatic carbocycles. The van der Waals surface area contributed by atoms with Gasteiger partial charge in [-0.1, -0.05) is 30.7 Å². The number of ether oxygens (including phenoxy) is 2. The Labute approximate surface area is 177 Å². The summed E-state index contributed by atoms with van der Waals surface area (Å²) in [6.07, 6.45) is 3.98. The summed E-state index contributed by atoms with van der Waals surface area (Å²) in [5.41, 5.74) is 2.51. The standard InChI is InChI=1S/C23H40N4O2/c1-5-28-14-15-29-18-21-11-9-10-20(16-21)17-25-22(24-4)26-19-23(2,3)27-12-7-6-8-13-27/h9-11,16H,5-8,12-15,17-19H2,1-4H3,(H2,24,25,26). The van der Waals surface area contributed by atoms with Crippen LogP contribution in [0.3, 0.4) is 0 Å². The van der Waals surface area contributed by atoms with Crippen LogP contribution in [0.4, 0.5) is 0 Å². The molecular formula is C23H40N4O2. The second-order valence-corrected chi connectivity index (χ2v) is 8.21. The zero-order valence-electron chi connectivity index (χ0n) is 18.8. The zero-order valence-corrected chi connectivity index (χ0v) is 18.8. The van der Waals surface area contributed by atoms with Gasteiger partial charge in [0.1, 0.15) is 0 Å². The molecule has 6 nitrogen and oxygen atoms in total. The first-order valence-corrected chi connectivity index (χ1v) is 11.0. The molecule has 1 aliphatic rings. The fourth-order valence-corrected chi connectivity index (χ4v) is 3.60. The molecule has 0 aliphatic carbocycles. The number of likely N-dealkylation sites (tertiary alicyclic amines) is 1. The van der Waals surface area contributed by atoms with Crippen molar-refractivity contribution in [2.45, 2.75) is 58.7 Å². The monoisotopic (exact) mass is 404 g/mol. The molecule has 6 heteroatoms. The van der Waals surface area contributed by atoms with E-state index < -0.39 is 0 Å². The van der Waals surface area contributed by atoms with Crippen LogP contribution in [-0.2, 0) is 22.6 Å². The molecule has 1 aliphatic heterocycles. The molecule has 2 rings (SSSR count). The lowest BCUT2D eigenvalue weighted by Gasteiger charge is -2.41. The van der Waals surface area contributed by atoms with E-state index in [2.05, 4.69) is 58.6 Å². The van der Waals surface area contributed by atoms with Gasteiger partial charge in [-0.25, -0.2) is 0 Å². The highest BCUT2D eigenvalue weighted by Gasteiger charge is 2.27. The van der Waals surface area contributed by atoms with E-state index in [0.717, 1.165) is 25.7 Å². The molecule has 29 heavy (non-hydrogen) atoms. The summed E-state index contributed by atoms with van der Waals surface area (Å²) < 4.78 is 11.0. The Hall–Kier alpha value is -1.63. The molecule has 0 amide bonds. The van der Waals surface area contributed by atoms with Crippen LogP contribution in [0, 0.1) is 0 Å². The summed E-state index contributed by atoms with van der Waals surface area (Å²) in [6, 6.07) is 8.48. The van der Waals surface area contributed by atoms with Gasteiger partial charge in [0, 0.05) is 32.3 Å². The van der Waals surface area contributed by atoms with Crippen LogP contribution in [0.15, 0.2) is 29.3 Å². The SMILES string of the molecule is CCOCCOCc1cccc(CNC(=NC)NCC(C)(C)N2CCCCC2)c1. The Kier molecular flexibility index (Phi) is 10.5. The molecular weight excluding hydrogens is 364 g/mol. The number of aliphatic imine (C=N–C) groups is 1. The van der Waals surface area contributed by atoms with Gasteiger partial charge in [-0.05, 0) is 57.8 Å². The predicted molar refractivity (Wildman–Crippen MR) is 120 cm³/mol. The molecule has 1 saturated heterocycles. The second kappa shape index (κ2) is 12.8. The van der Waals surface area contributed by atoms with Crippen LogP contribution in [0.25, 0.3) is 0 Å². The number of nitrogens with one attached hydrogen (secondary N) is 2. The minimum atomic E-state index is 0.122. The van der Waals surface area contributed by atoms with Crippen LogP contribution in [0.5, 0.6) is 0 Å². The number of nitrogens with zero attached hydrogens (tertiary/aromatic N) is 2. The van der Waals surface area contributed by atoms with E-state index in [1.165, 1.54) is 43.5 Å². The molecule has 1 aromatic rings. The largest absolute Gasteiger partial charge is 0.379 e. The van der Waals surface area contributed by atoms with Crippen LogP contribution in [0.2, 0.25) is 0 Å². The molecule has 0 saturated carbocycles. The van der Waals surface area contributed by atoms with Crippen molar-refractivity contribution < 1.29 is 9.47 Å². The molecule has 0 unspecified atom stereocenters. The third-order valence-corrected chi connectivity index (χ3v) is 5.42. The molecule has 0 atom stereocenters. The molecule has 2 N–H and O–H groups in total. The molecule has 0 radical (unpaired) electrons. The minimum absolute atomic E-state index is 0.122. The maximum atomic E-state index is 5.67. The minimum Gasteiger partial charge on any atom is -0.379 e. The molecule has 0 spiro atoms. The summed E-state index contributed by atoms with van der Waals surface area (Å²) in [5.74, 6) is 0.841. The van der Waals surface area contributed by atoms with Gasteiger partial charge in [0.05, 0.1) is 19.8 Å². The Balaban J connectivity index is 1.76. The van der Waals surface area contributed by atoms with Crippen LogP contribution < -0.4 is 10.6 Å². The van der Waals surface area contributed by atoms with E-state index in [4.69, 9.17) is 9.47 Å². The van der Waals surface area contributed by atoms with Crippen molar-refractivity contribution in [1.29, 1.82) is 0 Å². The van der Waals surface area contributed by atoms with E-state index in [0.29, 0.717) is 19.8 Å². The summed E-state index contributed by atoms with van der Waals surface area (Å²) in [5, 5.41) is 6.94. The van der Waals surface area contributed by atoms with Gasteiger partial charge in [-0.15, -0.1) is 0 Å². The van der Waals surface area contributed by atoms with E-state index in [9.17, 15) is 0 Å². The third kappa shape index (κ3) is 8.72. The molecule has 0 aromatic heterocycles. The topological polar surface area (TPSA) is 58.1 Å². The average Bonchev–Trinajstić information content (AvgIpc) is 2.74. The molecule has 1 heterocycles. The van der Waals surface area contributed by atoms with Crippen molar-refractivity contribution in [2.75, 3.05) is 46.5 Å². The van der Waals surface area contributed by atoms with Gasteiger partial charge in [-0.2, -0.15) is 0 Å².